The van der Waals surface area contributed by atoms with Gasteiger partial charge in [0.05, 0.1) is 5.02 Å². The van der Waals surface area contributed by atoms with Gasteiger partial charge < -0.3 is 15.2 Å². The lowest BCUT2D eigenvalue weighted by atomic mass is 9.90. The van der Waals surface area contributed by atoms with E-state index in [0.717, 1.165) is 6.07 Å². The van der Waals surface area contributed by atoms with Crippen LogP contribution in [0.2, 0.25) is 5.02 Å². The van der Waals surface area contributed by atoms with Gasteiger partial charge in [-0.15, -0.1) is 0 Å². The van der Waals surface area contributed by atoms with Crippen LogP contribution < -0.4 is 10.1 Å². The monoisotopic (exact) mass is 317 g/mol. The smallest absolute Gasteiger partial charge is 0.260 e. The number of aliphatic hydroxyl groups excluding tert-OH is 1. The van der Waals surface area contributed by atoms with Crippen LogP contribution >= 0.6 is 11.6 Å². The number of benzene rings is 1. The molecule has 1 aromatic rings. The van der Waals surface area contributed by atoms with Crippen molar-refractivity contribution in [3.63, 3.8) is 0 Å². The summed E-state index contributed by atoms with van der Waals surface area (Å²) in [6, 6.07) is 3.74. The Morgan fingerprint density at radius 1 is 1.52 bits per heavy atom. The third-order valence-electron chi connectivity index (χ3n) is 3.10. The van der Waals surface area contributed by atoms with Gasteiger partial charge in [-0.1, -0.05) is 25.4 Å². The zero-order valence-electron chi connectivity index (χ0n) is 12.5. The summed E-state index contributed by atoms with van der Waals surface area (Å²) in [7, 11) is 0. The second-order valence-corrected chi connectivity index (χ2v) is 6.10. The highest BCUT2D eigenvalue weighted by Crippen LogP contribution is 2.26. The van der Waals surface area contributed by atoms with Crippen LogP contribution in [0.1, 0.15) is 27.2 Å². The quantitative estimate of drug-likeness (QED) is 0.813. The predicted octanol–water partition coefficient (Wildman–Crippen LogP) is 2.77. The van der Waals surface area contributed by atoms with Crippen LogP contribution in [0.15, 0.2) is 18.2 Å². The molecule has 2 N–H and O–H groups in total. The maximum absolute atomic E-state index is 12.9. The van der Waals surface area contributed by atoms with E-state index in [1.807, 2.05) is 13.8 Å². The normalized spacial score (nSPS) is 12.9. The highest BCUT2D eigenvalue weighted by atomic mass is 35.5. The lowest BCUT2D eigenvalue weighted by molar-refractivity contribution is -0.127. The highest BCUT2D eigenvalue weighted by molar-refractivity contribution is 6.32. The Morgan fingerprint density at radius 3 is 2.76 bits per heavy atom. The summed E-state index contributed by atoms with van der Waals surface area (Å²) < 4.78 is 18.4. The molecule has 0 bridgehead atoms. The first kappa shape index (κ1) is 17.7. The molecule has 0 aliphatic heterocycles. The number of carbonyl (C=O) groups is 1. The minimum Gasteiger partial charge on any atom is -0.479 e. The molecule has 1 unspecified atom stereocenters. The topological polar surface area (TPSA) is 58.6 Å². The number of nitrogens with one attached hydrogen (secondary N) is 1. The second kappa shape index (κ2) is 7.61. The lowest BCUT2D eigenvalue weighted by Gasteiger charge is -2.25. The van der Waals surface area contributed by atoms with E-state index in [1.54, 1.807) is 6.92 Å². The molecular weight excluding hydrogens is 297 g/mol. The molecule has 21 heavy (non-hydrogen) atoms. The molecule has 1 rings (SSSR count). The van der Waals surface area contributed by atoms with E-state index in [0.29, 0.717) is 13.0 Å². The van der Waals surface area contributed by atoms with Crippen molar-refractivity contribution >= 4 is 17.5 Å². The Bertz CT molecular complexity index is 494. The average Bonchev–Trinajstić information content (AvgIpc) is 2.39. The van der Waals surface area contributed by atoms with Crippen LogP contribution in [0.4, 0.5) is 4.39 Å². The van der Waals surface area contributed by atoms with E-state index < -0.39 is 11.9 Å². The van der Waals surface area contributed by atoms with Gasteiger partial charge >= 0.3 is 0 Å². The number of halogens is 2. The number of carbonyl (C=O) groups excluding carboxylic acids is 1. The number of amides is 1. The molecule has 0 fully saturated rings. The molecule has 0 heterocycles. The summed E-state index contributed by atoms with van der Waals surface area (Å²) in [5.74, 6) is -0.494. The van der Waals surface area contributed by atoms with Crippen molar-refractivity contribution in [1.82, 2.24) is 5.32 Å². The molecule has 0 radical (unpaired) electrons. The van der Waals surface area contributed by atoms with Crippen LogP contribution in [0, 0.1) is 11.2 Å². The van der Waals surface area contributed by atoms with Crippen molar-refractivity contribution in [2.24, 2.45) is 5.41 Å². The van der Waals surface area contributed by atoms with Crippen LogP contribution in [0.25, 0.3) is 0 Å². The fourth-order valence-corrected chi connectivity index (χ4v) is 1.89. The third-order valence-corrected chi connectivity index (χ3v) is 3.39. The van der Waals surface area contributed by atoms with Crippen molar-refractivity contribution < 1.29 is 19.0 Å². The second-order valence-electron chi connectivity index (χ2n) is 5.69. The Morgan fingerprint density at radius 2 is 2.19 bits per heavy atom. The number of ether oxygens (including phenoxy) is 1. The first-order valence-corrected chi connectivity index (χ1v) is 7.13. The van der Waals surface area contributed by atoms with Crippen molar-refractivity contribution in [3.8, 4) is 5.75 Å². The van der Waals surface area contributed by atoms with Gasteiger partial charge in [0.25, 0.3) is 5.91 Å². The van der Waals surface area contributed by atoms with E-state index >= 15 is 0 Å². The summed E-state index contributed by atoms with van der Waals surface area (Å²) in [6.45, 7) is 5.99. The number of hydrogen-bond acceptors (Lipinski definition) is 3. The average molecular weight is 318 g/mol. The van der Waals surface area contributed by atoms with E-state index in [4.69, 9.17) is 21.4 Å². The van der Waals surface area contributed by atoms with Crippen molar-refractivity contribution in [3.05, 3.63) is 29.0 Å². The van der Waals surface area contributed by atoms with Gasteiger partial charge in [-0.25, -0.2) is 4.39 Å². The molecule has 1 aromatic carbocycles. The zero-order chi connectivity index (χ0) is 16.0. The molecule has 0 spiro atoms. The standard InChI is InChI=1S/C15H21ClFNO3/c1-10(14(20)18-9-15(2,3)6-7-19)21-13-5-4-11(17)8-12(13)16/h4-5,8,10,19H,6-7,9H2,1-3H3,(H,18,20). The fourth-order valence-electron chi connectivity index (χ4n) is 1.68. The first-order chi connectivity index (χ1) is 9.75. The summed E-state index contributed by atoms with van der Waals surface area (Å²) >= 11 is 5.84. The summed E-state index contributed by atoms with van der Waals surface area (Å²) in [6.07, 6.45) is -0.162. The Labute approximate surface area is 129 Å². The maximum Gasteiger partial charge on any atom is 0.260 e. The van der Waals surface area contributed by atoms with Gasteiger partial charge in [0.1, 0.15) is 11.6 Å². The number of aliphatic hydroxyl groups is 1. The van der Waals surface area contributed by atoms with Crippen molar-refractivity contribution in [2.75, 3.05) is 13.2 Å². The molecule has 0 aliphatic carbocycles. The predicted molar refractivity (Wildman–Crippen MR) is 80.0 cm³/mol. The van der Waals surface area contributed by atoms with Gasteiger partial charge in [0.15, 0.2) is 6.10 Å². The van der Waals surface area contributed by atoms with Gasteiger partial charge in [-0.05, 0) is 37.0 Å². The summed E-state index contributed by atoms with van der Waals surface area (Å²) in [5.41, 5.74) is -0.197. The van der Waals surface area contributed by atoms with E-state index in [-0.39, 0.29) is 28.7 Å². The molecular formula is C15H21ClFNO3. The fraction of sp³-hybridized carbons (Fsp3) is 0.533. The number of hydrogen-bond donors (Lipinski definition) is 2. The molecule has 0 saturated carbocycles. The SMILES string of the molecule is CC(Oc1ccc(F)cc1Cl)C(=O)NCC(C)(C)CCO. The van der Waals surface area contributed by atoms with Crippen LogP contribution in [-0.4, -0.2) is 30.3 Å². The molecule has 0 aromatic heterocycles. The van der Waals surface area contributed by atoms with Crippen LogP contribution in [0.5, 0.6) is 5.75 Å². The Hall–Kier alpha value is -1.33. The van der Waals surface area contributed by atoms with E-state index in [9.17, 15) is 9.18 Å². The molecule has 0 aliphatic rings. The van der Waals surface area contributed by atoms with Gasteiger partial charge in [0.2, 0.25) is 0 Å². The minimum atomic E-state index is -0.752. The van der Waals surface area contributed by atoms with Crippen LogP contribution in [0.3, 0.4) is 0 Å². The molecule has 1 atom stereocenters. The molecule has 4 nitrogen and oxygen atoms in total. The Balaban J connectivity index is 2.55. The zero-order valence-corrected chi connectivity index (χ0v) is 13.2. The van der Waals surface area contributed by atoms with Crippen molar-refractivity contribution in [2.45, 2.75) is 33.3 Å². The lowest BCUT2D eigenvalue weighted by Crippen LogP contribution is -2.41. The van der Waals surface area contributed by atoms with E-state index in [1.165, 1.54) is 12.1 Å². The molecule has 0 saturated heterocycles. The maximum atomic E-state index is 12.9. The van der Waals surface area contributed by atoms with Crippen molar-refractivity contribution in [1.29, 1.82) is 0 Å². The summed E-state index contributed by atoms with van der Waals surface area (Å²) in [4.78, 5) is 12.0. The minimum absolute atomic E-state index is 0.0696. The molecule has 1 amide bonds. The largest absolute Gasteiger partial charge is 0.479 e. The highest BCUT2D eigenvalue weighted by Gasteiger charge is 2.21. The van der Waals surface area contributed by atoms with Gasteiger partial charge in [-0.3, -0.25) is 4.79 Å². The van der Waals surface area contributed by atoms with E-state index in [2.05, 4.69) is 5.32 Å². The third kappa shape index (κ3) is 5.89. The van der Waals surface area contributed by atoms with Gasteiger partial charge in [0, 0.05) is 13.2 Å². The number of rotatable bonds is 7. The summed E-state index contributed by atoms with van der Waals surface area (Å²) in [5, 5.41) is 11.8. The van der Waals surface area contributed by atoms with Gasteiger partial charge in [-0.2, -0.15) is 0 Å². The molecule has 6 heteroatoms. The van der Waals surface area contributed by atoms with Crippen LogP contribution in [-0.2, 0) is 4.79 Å². The molecule has 118 valence electrons. The Kier molecular flexibility index (Phi) is 6.42. The first-order valence-electron chi connectivity index (χ1n) is 6.75.